The zero-order valence-electron chi connectivity index (χ0n) is 16.8. The standard InChI is InChI=1S/C20H21FN4O5/c1-20(2,3)30-19(29)23-8-11-6-10(7-22)12-9-25(18(28)15(12)16(11)21)13-4-5-14(26)24-17(13)27/h6,13H,4-5,8-9H2,1-3H3,(H,23,29)(H,24,26,27). The van der Waals surface area contributed by atoms with Gasteiger partial charge in [-0.2, -0.15) is 5.26 Å². The first kappa shape index (κ1) is 21.2. The van der Waals surface area contributed by atoms with E-state index in [4.69, 9.17) is 4.74 Å². The first-order chi connectivity index (χ1) is 14.0. The molecule has 1 fully saturated rings. The summed E-state index contributed by atoms with van der Waals surface area (Å²) in [5, 5.41) is 14.0. The Morgan fingerprint density at radius 1 is 1.40 bits per heavy atom. The number of ether oxygens (including phenoxy) is 1. The summed E-state index contributed by atoms with van der Waals surface area (Å²) in [7, 11) is 0. The van der Waals surface area contributed by atoms with Crippen LogP contribution in [0.15, 0.2) is 6.07 Å². The number of alkyl carbamates (subject to hydrolysis) is 1. The molecule has 2 heterocycles. The Kier molecular flexibility index (Phi) is 5.48. The lowest BCUT2D eigenvalue weighted by atomic mass is 9.99. The molecule has 1 atom stereocenters. The smallest absolute Gasteiger partial charge is 0.407 e. The summed E-state index contributed by atoms with van der Waals surface area (Å²) < 4.78 is 20.2. The van der Waals surface area contributed by atoms with Crippen LogP contribution in [0, 0.1) is 17.1 Å². The Balaban J connectivity index is 1.86. The molecule has 30 heavy (non-hydrogen) atoms. The Morgan fingerprint density at radius 3 is 2.70 bits per heavy atom. The quantitative estimate of drug-likeness (QED) is 0.719. The van der Waals surface area contributed by atoms with Crippen molar-refractivity contribution in [1.82, 2.24) is 15.5 Å². The number of imide groups is 1. The molecule has 2 N–H and O–H groups in total. The molecule has 1 unspecified atom stereocenters. The summed E-state index contributed by atoms with van der Waals surface area (Å²) in [6.07, 6.45) is -0.576. The maximum absolute atomic E-state index is 15.1. The maximum Gasteiger partial charge on any atom is 0.407 e. The summed E-state index contributed by atoms with van der Waals surface area (Å²) in [5.41, 5.74) is -0.813. The van der Waals surface area contributed by atoms with Gasteiger partial charge in [0, 0.05) is 30.6 Å². The molecule has 1 saturated heterocycles. The van der Waals surface area contributed by atoms with Crippen LogP contribution in [0.25, 0.3) is 0 Å². The number of carbonyl (C=O) groups is 4. The predicted octanol–water partition coefficient (Wildman–Crippen LogP) is 1.48. The van der Waals surface area contributed by atoms with Crippen molar-refractivity contribution in [2.24, 2.45) is 0 Å². The second-order valence-corrected chi connectivity index (χ2v) is 8.12. The van der Waals surface area contributed by atoms with Gasteiger partial charge in [0.2, 0.25) is 11.8 Å². The lowest BCUT2D eigenvalue weighted by Crippen LogP contribution is -2.52. The average molecular weight is 416 g/mol. The number of nitrogens with one attached hydrogen (secondary N) is 2. The molecule has 1 aromatic rings. The zero-order chi connectivity index (χ0) is 22.2. The van der Waals surface area contributed by atoms with Gasteiger partial charge in [0.15, 0.2) is 0 Å². The molecule has 0 radical (unpaired) electrons. The number of piperidine rings is 1. The minimum atomic E-state index is -0.920. The van der Waals surface area contributed by atoms with Crippen molar-refractivity contribution in [1.29, 1.82) is 5.26 Å². The van der Waals surface area contributed by atoms with Crippen LogP contribution in [0.2, 0.25) is 0 Å². The Labute approximate surface area is 172 Å². The van der Waals surface area contributed by atoms with E-state index in [1.54, 1.807) is 20.8 Å². The molecule has 9 nitrogen and oxygen atoms in total. The fourth-order valence-electron chi connectivity index (χ4n) is 3.47. The third-order valence-electron chi connectivity index (χ3n) is 4.78. The molecule has 0 bridgehead atoms. The van der Waals surface area contributed by atoms with Gasteiger partial charge in [-0.05, 0) is 33.3 Å². The van der Waals surface area contributed by atoms with E-state index in [1.165, 1.54) is 11.0 Å². The van der Waals surface area contributed by atoms with Gasteiger partial charge < -0.3 is 15.0 Å². The van der Waals surface area contributed by atoms with Gasteiger partial charge in [0.25, 0.3) is 5.91 Å². The van der Waals surface area contributed by atoms with Gasteiger partial charge in [-0.15, -0.1) is 0 Å². The van der Waals surface area contributed by atoms with E-state index in [-0.39, 0.29) is 48.2 Å². The number of nitriles is 1. The summed E-state index contributed by atoms with van der Waals surface area (Å²) >= 11 is 0. The number of nitrogens with zero attached hydrogens (tertiary/aromatic N) is 2. The molecule has 158 valence electrons. The van der Waals surface area contributed by atoms with Crippen molar-refractivity contribution in [2.75, 3.05) is 0 Å². The number of amides is 4. The molecule has 1 aromatic carbocycles. The number of rotatable bonds is 3. The van der Waals surface area contributed by atoms with Gasteiger partial charge >= 0.3 is 6.09 Å². The Hall–Kier alpha value is -3.48. The molecule has 4 amide bonds. The normalized spacial score (nSPS) is 18.6. The molecule has 0 saturated carbocycles. The van der Waals surface area contributed by atoms with Gasteiger partial charge in [-0.3, -0.25) is 19.7 Å². The fraction of sp³-hybridized carbons (Fsp3) is 0.450. The van der Waals surface area contributed by atoms with Crippen LogP contribution in [0.1, 0.15) is 60.7 Å². The van der Waals surface area contributed by atoms with E-state index < -0.39 is 41.3 Å². The third-order valence-corrected chi connectivity index (χ3v) is 4.78. The van der Waals surface area contributed by atoms with Crippen LogP contribution in [-0.4, -0.2) is 40.4 Å². The topological polar surface area (TPSA) is 129 Å². The third kappa shape index (κ3) is 4.10. The number of carbonyl (C=O) groups excluding carboxylic acids is 4. The molecule has 10 heteroatoms. The summed E-state index contributed by atoms with van der Waals surface area (Å²) in [6, 6.07) is 2.29. The summed E-state index contributed by atoms with van der Waals surface area (Å²) in [4.78, 5) is 49.4. The number of hydrogen-bond donors (Lipinski definition) is 2. The molecule has 0 aromatic heterocycles. The van der Waals surface area contributed by atoms with E-state index >= 15 is 4.39 Å². The van der Waals surface area contributed by atoms with Gasteiger partial charge in [0.05, 0.1) is 17.2 Å². The average Bonchev–Trinajstić information content (AvgIpc) is 2.97. The Morgan fingerprint density at radius 2 is 2.10 bits per heavy atom. The lowest BCUT2D eigenvalue weighted by molar-refractivity contribution is -0.136. The van der Waals surface area contributed by atoms with Crippen molar-refractivity contribution < 1.29 is 28.3 Å². The highest BCUT2D eigenvalue weighted by Gasteiger charge is 2.42. The minimum Gasteiger partial charge on any atom is -0.444 e. The predicted molar refractivity (Wildman–Crippen MR) is 100 cm³/mol. The van der Waals surface area contributed by atoms with E-state index in [1.807, 2.05) is 6.07 Å². The van der Waals surface area contributed by atoms with E-state index in [0.717, 1.165) is 0 Å². The van der Waals surface area contributed by atoms with Gasteiger partial charge in [-0.1, -0.05) is 0 Å². The molecule has 2 aliphatic heterocycles. The SMILES string of the molecule is CC(C)(C)OC(=O)NCc1cc(C#N)c2c(c1F)C(=O)N(C1CCC(=O)NC1=O)C2. The van der Waals surface area contributed by atoms with Crippen LogP contribution >= 0.6 is 0 Å². The van der Waals surface area contributed by atoms with E-state index in [2.05, 4.69) is 10.6 Å². The van der Waals surface area contributed by atoms with Crippen molar-refractivity contribution in [2.45, 2.75) is 58.3 Å². The summed E-state index contributed by atoms with van der Waals surface area (Å²) in [5.74, 6) is -2.65. The Bertz CT molecular complexity index is 992. The van der Waals surface area contributed by atoms with Crippen molar-refractivity contribution in [3.05, 3.63) is 34.1 Å². The molecule has 0 aliphatic carbocycles. The first-order valence-corrected chi connectivity index (χ1v) is 9.37. The fourth-order valence-corrected chi connectivity index (χ4v) is 3.47. The monoisotopic (exact) mass is 416 g/mol. The van der Waals surface area contributed by atoms with Gasteiger partial charge in [0.1, 0.15) is 17.5 Å². The molecule has 2 aliphatic rings. The number of benzene rings is 1. The highest BCUT2D eigenvalue weighted by Crippen LogP contribution is 2.33. The van der Waals surface area contributed by atoms with Crippen LogP contribution in [0.4, 0.5) is 9.18 Å². The summed E-state index contributed by atoms with van der Waals surface area (Å²) in [6.45, 7) is 4.64. The van der Waals surface area contributed by atoms with E-state index in [0.29, 0.717) is 0 Å². The number of fused-ring (bicyclic) bond motifs is 1. The largest absolute Gasteiger partial charge is 0.444 e. The first-order valence-electron chi connectivity index (χ1n) is 9.37. The van der Waals surface area contributed by atoms with Crippen LogP contribution in [0.5, 0.6) is 0 Å². The van der Waals surface area contributed by atoms with Crippen molar-refractivity contribution in [3.8, 4) is 6.07 Å². The maximum atomic E-state index is 15.1. The molecular formula is C20H21FN4O5. The zero-order valence-corrected chi connectivity index (χ0v) is 16.8. The second kappa shape index (κ2) is 7.74. The highest BCUT2D eigenvalue weighted by molar-refractivity contribution is 6.05. The van der Waals surface area contributed by atoms with Crippen LogP contribution < -0.4 is 10.6 Å². The lowest BCUT2D eigenvalue weighted by Gasteiger charge is -2.29. The van der Waals surface area contributed by atoms with Crippen LogP contribution in [0.3, 0.4) is 0 Å². The van der Waals surface area contributed by atoms with Crippen LogP contribution in [-0.2, 0) is 27.4 Å². The second-order valence-electron chi connectivity index (χ2n) is 8.12. The molecular weight excluding hydrogens is 395 g/mol. The molecule has 0 spiro atoms. The van der Waals surface area contributed by atoms with Gasteiger partial charge in [-0.25, -0.2) is 9.18 Å². The van der Waals surface area contributed by atoms with Crippen molar-refractivity contribution >= 4 is 23.8 Å². The minimum absolute atomic E-state index is 0.0466. The number of halogens is 1. The van der Waals surface area contributed by atoms with E-state index in [9.17, 15) is 24.4 Å². The molecule has 3 rings (SSSR count). The number of hydrogen-bond acceptors (Lipinski definition) is 6. The highest BCUT2D eigenvalue weighted by atomic mass is 19.1. The van der Waals surface area contributed by atoms with Crippen molar-refractivity contribution in [3.63, 3.8) is 0 Å².